The van der Waals surface area contributed by atoms with Gasteiger partial charge in [0.15, 0.2) is 0 Å². The van der Waals surface area contributed by atoms with Crippen molar-refractivity contribution >= 4 is 38.3 Å². The molecule has 1 atom stereocenters. The number of carbonyl (C=O) groups excluding carboxylic acids is 1. The molecule has 2 aliphatic rings. The van der Waals surface area contributed by atoms with Gasteiger partial charge in [0, 0.05) is 75.0 Å². The number of halogens is 1. The fourth-order valence-electron chi connectivity index (χ4n) is 4.37. The minimum atomic E-state index is -3.76. The number of β-amino-alcohol motifs (C(OH)–C–C–N with tert-alkyl or cyclic N) is 1. The van der Waals surface area contributed by atoms with E-state index in [0.717, 1.165) is 26.2 Å². The van der Waals surface area contributed by atoms with Gasteiger partial charge in [0.1, 0.15) is 0 Å². The van der Waals surface area contributed by atoms with E-state index in [1.54, 1.807) is 24.4 Å². The average molecular weight is 482 g/mol. The quantitative estimate of drug-likeness (QED) is 0.588. The van der Waals surface area contributed by atoms with Gasteiger partial charge in [0.25, 0.3) is 0 Å². The highest BCUT2D eigenvalue weighted by Gasteiger charge is 2.34. The number of aliphatic hydroxyl groups excluding tert-OH is 1. The van der Waals surface area contributed by atoms with Gasteiger partial charge >= 0.3 is 0 Å². The number of fused-ring (bicyclic) bond motifs is 1. The lowest BCUT2D eigenvalue weighted by Gasteiger charge is -2.34. The summed E-state index contributed by atoms with van der Waals surface area (Å²) < 4.78 is 28.1. The summed E-state index contributed by atoms with van der Waals surface area (Å²) in [5.41, 5.74) is 0. The van der Waals surface area contributed by atoms with Crippen LogP contribution in [0.4, 0.5) is 0 Å². The number of nitrogens with one attached hydrogen (secondary N) is 1. The van der Waals surface area contributed by atoms with Crippen molar-refractivity contribution in [3.63, 3.8) is 0 Å². The first-order chi connectivity index (χ1) is 15.4. The van der Waals surface area contributed by atoms with Crippen LogP contribution in [0.25, 0.3) is 10.8 Å². The average Bonchev–Trinajstić information content (AvgIpc) is 3.24. The molecule has 2 fully saturated rings. The van der Waals surface area contributed by atoms with E-state index in [-0.39, 0.29) is 30.0 Å². The Morgan fingerprint density at radius 2 is 1.91 bits per heavy atom. The van der Waals surface area contributed by atoms with Crippen LogP contribution in [0.15, 0.2) is 35.5 Å². The molecular weight excluding hydrogens is 454 g/mol. The lowest BCUT2D eigenvalue weighted by molar-refractivity contribution is -0.123. The molecule has 0 radical (unpaired) electrons. The summed E-state index contributed by atoms with van der Waals surface area (Å²) >= 11 is 6.27. The minimum Gasteiger partial charge on any atom is -0.395 e. The maximum Gasteiger partial charge on any atom is 0.243 e. The number of carbonyl (C=O) groups is 1. The van der Waals surface area contributed by atoms with Crippen molar-refractivity contribution in [3.8, 4) is 0 Å². The summed E-state index contributed by atoms with van der Waals surface area (Å²) in [6.45, 7) is 4.86. The van der Waals surface area contributed by atoms with Crippen molar-refractivity contribution in [1.29, 1.82) is 0 Å². The van der Waals surface area contributed by atoms with Crippen LogP contribution in [0.3, 0.4) is 0 Å². The van der Waals surface area contributed by atoms with Crippen molar-refractivity contribution in [2.75, 3.05) is 59.0 Å². The molecule has 1 amide bonds. The Morgan fingerprint density at radius 1 is 1.16 bits per heavy atom. The molecule has 1 aromatic carbocycles. The predicted molar refractivity (Wildman–Crippen MR) is 122 cm³/mol. The van der Waals surface area contributed by atoms with E-state index >= 15 is 0 Å². The number of nitrogens with zero attached hydrogens (tertiary/aromatic N) is 4. The van der Waals surface area contributed by atoms with Crippen LogP contribution in [-0.2, 0) is 14.8 Å². The van der Waals surface area contributed by atoms with E-state index in [0.29, 0.717) is 41.9 Å². The Kier molecular flexibility index (Phi) is 7.28. The van der Waals surface area contributed by atoms with Crippen LogP contribution in [0.5, 0.6) is 0 Å². The summed E-state index contributed by atoms with van der Waals surface area (Å²) in [4.78, 5) is 21.0. The highest BCUT2D eigenvalue weighted by molar-refractivity contribution is 7.89. The molecule has 0 aliphatic carbocycles. The topological polar surface area (TPSA) is 106 Å². The molecule has 0 bridgehead atoms. The second kappa shape index (κ2) is 9.98. The molecule has 2 saturated heterocycles. The molecule has 11 heteroatoms. The van der Waals surface area contributed by atoms with Gasteiger partial charge in [-0.15, -0.1) is 0 Å². The van der Waals surface area contributed by atoms with Gasteiger partial charge in [-0.2, -0.15) is 4.31 Å². The summed E-state index contributed by atoms with van der Waals surface area (Å²) in [6, 6.07) is 4.80. The van der Waals surface area contributed by atoms with Gasteiger partial charge < -0.3 is 10.4 Å². The smallest absolute Gasteiger partial charge is 0.243 e. The zero-order chi connectivity index (χ0) is 22.7. The maximum atomic E-state index is 13.3. The molecule has 1 aromatic heterocycles. The molecule has 32 heavy (non-hydrogen) atoms. The summed E-state index contributed by atoms with van der Waals surface area (Å²) in [5, 5.41) is 13.5. The zero-order valence-electron chi connectivity index (χ0n) is 17.8. The fraction of sp³-hybridized carbons (Fsp3) is 0.524. The molecule has 3 heterocycles. The standard InChI is InChI=1S/C21H28ClN5O4S/c22-18-13-23-12-16-2-1-3-19(21(16)18)32(30,31)27-5-4-17(14-27)24-20(29)15-26-8-6-25(7-9-26)10-11-28/h1-3,12-13,17,28H,4-11,14-15H2,(H,24,29)/t17-/m1/s1. The number of piperazine rings is 1. The van der Waals surface area contributed by atoms with Crippen molar-refractivity contribution in [3.05, 3.63) is 35.6 Å². The number of sulfonamides is 1. The van der Waals surface area contributed by atoms with Crippen LogP contribution in [-0.4, -0.2) is 104 Å². The molecule has 2 aliphatic heterocycles. The predicted octanol–water partition coefficient (Wildman–Crippen LogP) is 0.377. The van der Waals surface area contributed by atoms with Crippen LogP contribution >= 0.6 is 11.6 Å². The second-order valence-electron chi connectivity index (χ2n) is 8.23. The number of benzene rings is 1. The van der Waals surface area contributed by atoms with E-state index in [2.05, 4.69) is 20.1 Å². The fourth-order valence-corrected chi connectivity index (χ4v) is 6.43. The van der Waals surface area contributed by atoms with Crippen molar-refractivity contribution in [2.24, 2.45) is 0 Å². The number of pyridine rings is 1. The van der Waals surface area contributed by atoms with E-state index in [9.17, 15) is 13.2 Å². The molecule has 2 aromatic rings. The van der Waals surface area contributed by atoms with E-state index in [1.807, 2.05) is 0 Å². The van der Waals surface area contributed by atoms with E-state index < -0.39 is 10.0 Å². The largest absolute Gasteiger partial charge is 0.395 e. The maximum absolute atomic E-state index is 13.3. The van der Waals surface area contributed by atoms with Gasteiger partial charge in [-0.1, -0.05) is 23.7 Å². The molecule has 4 rings (SSSR count). The third kappa shape index (κ3) is 5.05. The number of rotatable bonds is 7. The molecule has 174 valence electrons. The third-order valence-electron chi connectivity index (χ3n) is 6.08. The lowest BCUT2D eigenvalue weighted by atomic mass is 10.2. The second-order valence-corrected chi connectivity index (χ2v) is 10.5. The van der Waals surface area contributed by atoms with Gasteiger partial charge in [0.05, 0.1) is 23.1 Å². The first-order valence-corrected chi connectivity index (χ1v) is 12.6. The summed E-state index contributed by atoms with van der Waals surface area (Å²) in [6.07, 6.45) is 3.60. The lowest BCUT2D eigenvalue weighted by Crippen LogP contribution is -2.51. The molecule has 2 N–H and O–H groups in total. The molecule has 0 saturated carbocycles. The highest BCUT2D eigenvalue weighted by atomic mass is 35.5. The highest BCUT2D eigenvalue weighted by Crippen LogP contribution is 2.32. The van der Waals surface area contributed by atoms with Crippen LogP contribution < -0.4 is 5.32 Å². The Bertz CT molecular complexity index is 1070. The SMILES string of the molecule is O=C(CN1CCN(CCO)CC1)N[C@@H]1CCN(S(=O)(=O)c2cccc3cncc(Cl)c23)C1. The van der Waals surface area contributed by atoms with Crippen LogP contribution in [0.1, 0.15) is 6.42 Å². The normalized spacial score (nSPS) is 21.2. The number of amides is 1. The van der Waals surface area contributed by atoms with E-state index in [1.165, 1.54) is 10.5 Å². The number of aliphatic hydroxyl groups is 1. The molecular formula is C21H28ClN5O4S. The number of aromatic nitrogens is 1. The van der Waals surface area contributed by atoms with Crippen molar-refractivity contribution < 1.29 is 18.3 Å². The molecule has 9 nitrogen and oxygen atoms in total. The van der Waals surface area contributed by atoms with Gasteiger partial charge in [-0.05, 0) is 12.5 Å². The van der Waals surface area contributed by atoms with Crippen molar-refractivity contribution in [2.45, 2.75) is 17.4 Å². The van der Waals surface area contributed by atoms with Gasteiger partial charge in [-0.3, -0.25) is 19.6 Å². The Hall–Kier alpha value is -1.82. The van der Waals surface area contributed by atoms with Crippen LogP contribution in [0.2, 0.25) is 5.02 Å². The molecule has 0 unspecified atom stereocenters. The van der Waals surface area contributed by atoms with Crippen molar-refractivity contribution in [1.82, 2.24) is 24.4 Å². The Balaban J connectivity index is 1.36. The monoisotopic (exact) mass is 481 g/mol. The first-order valence-electron chi connectivity index (χ1n) is 10.8. The third-order valence-corrected chi connectivity index (χ3v) is 8.28. The molecule has 0 spiro atoms. The summed E-state index contributed by atoms with van der Waals surface area (Å²) in [7, 11) is -3.76. The first kappa shape index (κ1) is 23.3. The number of hydrogen-bond donors (Lipinski definition) is 2. The Labute approximate surface area is 193 Å². The van der Waals surface area contributed by atoms with E-state index in [4.69, 9.17) is 16.7 Å². The van der Waals surface area contributed by atoms with Crippen LogP contribution in [0, 0.1) is 0 Å². The van der Waals surface area contributed by atoms with Gasteiger partial charge in [-0.25, -0.2) is 8.42 Å². The Morgan fingerprint density at radius 3 is 2.66 bits per heavy atom. The minimum absolute atomic E-state index is 0.0934. The zero-order valence-corrected chi connectivity index (χ0v) is 19.4. The number of hydrogen-bond acceptors (Lipinski definition) is 7. The van der Waals surface area contributed by atoms with Gasteiger partial charge in [0.2, 0.25) is 15.9 Å². The summed E-state index contributed by atoms with van der Waals surface area (Å²) in [5.74, 6) is -0.0934.